The van der Waals surface area contributed by atoms with Crippen molar-refractivity contribution in [3.8, 4) is 5.75 Å². The highest BCUT2D eigenvalue weighted by molar-refractivity contribution is 6.03. The lowest BCUT2D eigenvalue weighted by molar-refractivity contribution is 0.0695. The van der Waals surface area contributed by atoms with E-state index in [1.807, 2.05) is 26.8 Å². The van der Waals surface area contributed by atoms with Crippen LogP contribution in [0.5, 0.6) is 5.75 Å². The number of carbonyl (C=O) groups is 2. The second-order valence-corrected chi connectivity index (χ2v) is 5.74. The molecule has 1 aromatic carbocycles. The fourth-order valence-corrected chi connectivity index (χ4v) is 2.22. The molecule has 24 heavy (non-hydrogen) atoms. The van der Waals surface area contributed by atoms with Crippen LogP contribution in [0.25, 0.3) is 0 Å². The Morgan fingerprint density at radius 2 is 1.88 bits per heavy atom. The summed E-state index contributed by atoms with van der Waals surface area (Å²) in [4.78, 5) is 27.3. The lowest BCUT2D eigenvalue weighted by atomic mass is 10.1. The fourth-order valence-electron chi connectivity index (χ4n) is 2.22. The Bertz CT molecular complexity index is 785. The van der Waals surface area contributed by atoms with Gasteiger partial charge in [-0.2, -0.15) is 0 Å². The van der Waals surface area contributed by atoms with Crippen molar-refractivity contribution in [1.29, 1.82) is 0 Å². The van der Waals surface area contributed by atoms with Crippen LogP contribution in [0, 0.1) is 13.8 Å². The van der Waals surface area contributed by atoms with Gasteiger partial charge in [0.1, 0.15) is 11.4 Å². The third-order valence-corrected chi connectivity index (χ3v) is 3.34. The van der Waals surface area contributed by atoms with Gasteiger partial charge in [0.05, 0.1) is 17.4 Å². The van der Waals surface area contributed by atoms with Crippen molar-refractivity contribution in [2.45, 2.75) is 33.8 Å². The Balaban J connectivity index is 2.16. The van der Waals surface area contributed by atoms with Crippen molar-refractivity contribution in [2.75, 3.05) is 5.32 Å². The van der Waals surface area contributed by atoms with Gasteiger partial charge in [-0.1, -0.05) is 0 Å². The Labute approximate surface area is 140 Å². The zero-order chi connectivity index (χ0) is 17.9. The summed E-state index contributed by atoms with van der Waals surface area (Å²) in [6.45, 7) is 7.35. The first-order valence-electron chi connectivity index (χ1n) is 7.57. The molecule has 6 heteroatoms. The van der Waals surface area contributed by atoms with Crippen molar-refractivity contribution in [3.63, 3.8) is 0 Å². The van der Waals surface area contributed by atoms with Crippen LogP contribution in [0.3, 0.4) is 0 Å². The lowest BCUT2D eigenvalue weighted by Gasteiger charge is -2.14. The second-order valence-electron chi connectivity index (χ2n) is 5.74. The van der Waals surface area contributed by atoms with E-state index < -0.39 is 11.9 Å². The number of carboxylic acid groups (broad SMARTS) is 1. The molecule has 0 aliphatic carbocycles. The molecule has 0 radical (unpaired) electrons. The zero-order valence-electron chi connectivity index (χ0n) is 14.1. The minimum Gasteiger partial charge on any atom is -0.491 e. The van der Waals surface area contributed by atoms with Crippen LogP contribution in [-0.4, -0.2) is 28.1 Å². The van der Waals surface area contributed by atoms with Crippen LogP contribution in [0.2, 0.25) is 0 Å². The van der Waals surface area contributed by atoms with Crippen LogP contribution in [0.4, 0.5) is 5.69 Å². The average Bonchev–Trinajstić information content (AvgIpc) is 2.49. The van der Waals surface area contributed by atoms with Gasteiger partial charge in [0, 0.05) is 5.69 Å². The maximum atomic E-state index is 12.3. The molecular weight excluding hydrogens is 308 g/mol. The maximum Gasteiger partial charge on any atom is 0.337 e. The highest BCUT2D eigenvalue weighted by atomic mass is 16.5. The third-order valence-electron chi connectivity index (χ3n) is 3.34. The highest BCUT2D eigenvalue weighted by Gasteiger charge is 2.14. The molecule has 6 nitrogen and oxygen atoms in total. The largest absolute Gasteiger partial charge is 0.491 e. The topological polar surface area (TPSA) is 88.5 Å². The van der Waals surface area contributed by atoms with Crippen molar-refractivity contribution in [3.05, 3.63) is 52.8 Å². The van der Waals surface area contributed by atoms with E-state index in [1.54, 1.807) is 19.1 Å². The number of hydrogen-bond donors (Lipinski definition) is 2. The molecule has 1 aromatic heterocycles. The van der Waals surface area contributed by atoms with Crippen LogP contribution >= 0.6 is 0 Å². The highest BCUT2D eigenvalue weighted by Crippen LogP contribution is 2.23. The molecule has 1 heterocycles. The van der Waals surface area contributed by atoms with Gasteiger partial charge in [-0.3, -0.25) is 4.79 Å². The van der Waals surface area contributed by atoms with E-state index in [0.29, 0.717) is 11.4 Å². The molecule has 0 fully saturated rings. The van der Waals surface area contributed by atoms with Gasteiger partial charge in [-0.15, -0.1) is 0 Å². The first-order chi connectivity index (χ1) is 11.3. The molecule has 2 rings (SSSR count). The van der Waals surface area contributed by atoms with Crippen LogP contribution in [0.1, 0.15) is 46.0 Å². The fraction of sp³-hybridized carbons (Fsp3) is 0.278. The minimum atomic E-state index is -1.07. The SMILES string of the molecule is Cc1cc(NC(=O)c2ccc(C(=O)O)c(C)n2)ccc1OC(C)C. The number of nitrogens with one attached hydrogen (secondary N) is 1. The Morgan fingerprint density at radius 3 is 2.42 bits per heavy atom. The smallest absolute Gasteiger partial charge is 0.337 e. The number of hydrogen-bond acceptors (Lipinski definition) is 4. The average molecular weight is 328 g/mol. The van der Waals surface area contributed by atoms with E-state index >= 15 is 0 Å². The Morgan fingerprint density at radius 1 is 1.17 bits per heavy atom. The van der Waals surface area contributed by atoms with Gasteiger partial charge in [0.15, 0.2) is 0 Å². The van der Waals surface area contributed by atoms with E-state index in [2.05, 4.69) is 10.3 Å². The standard InChI is InChI=1S/C18H20N2O4/c1-10(2)24-16-8-5-13(9-11(16)3)20-17(21)15-7-6-14(18(22)23)12(4)19-15/h5-10H,1-4H3,(H,20,21)(H,22,23). The maximum absolute atomic E-state index is 12.3. The molecule has 0 spiro atoms. The van der Waals surface area contributed by atoms with Gasteiger partial charge >= 0.3 is 5.97 Å². The summed E-state index contributed by atoms with van der Waals surface area (Å²) in [5, 5.41) is 11.7. The van der Waals surface area contributed by atoms with Gasteiger partial charge in [0.25, 0.3) is 5.91 Å². The van der Waals surface area contributed by atoms with Crippen LogP contribution < -0.4 is 10.1 Å². The molecule has 0 saturated heterocycles. The molecule has 1 amide bonds. The molecule has 0 unspecified atom stereocenters. The number of carboxylic acids is 1. The first kappa shape index (κ1) is 17.5. The molecule has 2 aromatic rings. The number of aryl methyl sites for hydroxylation is 2. The molecule has 0 saturated carbocycles. The Hall–Kier alpha value is -2.89. The van der Waals surface area contributed by atoms with Crippen molar-refractivity contribution >= 4 is 17.6 Å². The normalized spacial score (nSPS) is 10.5. The molecule has 0 aliphatic heterocycles. The van der Waals surface area contributed by atoms with E-state index in [0.717, 1.165) is 11.3 Å². The van der Waals surface area contributed by atoms with Crippen molar-refractivity contribution < 1.29 is 19.4 Å². The molecule has 0 atom stereocenters. The lowest BCUT2D eigenvalue weighted by Crippen LogP contribution is -2.15. The number of anilines is 1. The number of carbonyl (C=O) groups excluding carboxylic acids is 1. The minimum absolute atomic E-state index is 0.0732. The summed E-state index contributed by atoms with van der Waals surface area (Å²) in [7, 11) is 0. The molecule has 126 valence electrons. The number of ether oxygens (including phenoxy) is 1. The van der Waals surface area contributed by atoms with Gasteiger partial charge in [0.2, 0.25) is 0 Å². The molecular formula is C18H20N2O4. The first-order valence-corrected chi connectivity index (χ1v) is 7.57. The molecule has 2 N–H and O–H groups in total. The number of benzene rings is 1. The number of pyridine rings is 1. The van der Waals surface area contributed by atoms with Crippen molar-refractivity contribution in [2.24, 2.45) is 0 Å². The number of nitrogens with zero attached hydrogens (tertiary/aromatic N) is 1. The third kappa shape index (κ3) is 4.10. The van der Waals surface area contributed by atoms with E-state index in [4.69, 9.17) is 9.84 Å². The Kier molecular flexibility index (Phi) is 5.18. The number of rotatable bonds is 5. The van der Waals surface area contributed by atoms with Crippen molar-refractivity contribution in [1.82, 2.24) is 4.98 Å². The van der Waals surface area contributed by atoms with Gasteiger partial charge in [-0.25, -0.2) is 9.78 Å². The van der Waals surface area contributed by atoms with Crippen LogP contribution in [-0.2, 0) is 0 Å². The van der Waals surface area contributed by atoms with E-state index in [9.17, 15) is 9.59 Å². The monoisotopic (exact) mass is 328 g/mol. The van der Waals surface area contributed by atoms with Gasteiger partial charge in [-0.05, 0) is 63.6 Å². The second kappa shape index (κ2) is 7.12. The number of aromatic nitrogens is 1. The quantitative estimate of drug-likeness (QED) is 0.878. The zero-order valence-corrected chi connectivity index (χ0v) is 14.1. The summed E-state index contributed by atoms with van der Waals surface area (Å²) in [6, 6.07) is 8.14. The number of amides is 1. The summed E-state index contributed by atoms with van der Waals surface area (Å²) in [6.07, 6.45) is 0.0732. The summed E-state index contributed by atoms with van der Waals surface area (Å²) >= 11 is 0. The number of aromatic carboxylic acids is 1. The summed E-state index contributed by atoms with van der Waals surface area (Å²) in [5.41, 5.74) is 2.07. The molecule has 0 aliphatic rings. The predicted molar refractivity (Wildman–Crippen MR) is 90.8 cm³/mol. The van der Waals surface area contributed by atoms with E-state index in [1.165, 1.54) is 12.1 Å². The predicted octanol–water partition coefficient (Wildman–Crippen LogP) is 3.44. The van der Waals surface area contributed by atoms with Crippen LogP contribution in [0.15, 0.2) is 30.3 Å². The summed E-state index contributed by atoms with van der Waals surface area (Å²) in [5.74, 6) is -0.696. The molecule has 0 bridgehead atoms. The summed E-state index contributed by atoms with van der Waals surface area (Å²) < 4.78 is 5.66. The van der Waals surface area contributed by atoms with E-state index in [-0.39, 0.29) is 17.4 Å². The van der Waals surface area contributed by atoms with Gasteiger partial charge < -0.3 is 15.2 Å².